The number of nitrogens with zero attached hydrogens (tertiary/aromatic N) is 7. The van der Waals surface area contributed by atoms with Crippen LogP contribution in [-0.4, -0.2) is 252 Å². The standard InChI is InChI=1S/C75H127FN10O14/c1-23-57-73(96)80(17)52(15)71(94)85(22)65(53(16)100-36-25-24-33-86-34-37-99-38-35-86)62(88)43-56(47(8)9)72(95)81(18)58(39-44(2)3)61(87)42-50(13)67(90)77-51(14)70(93)82(19)59(40-45(4)5)74(97)83(20)60(41-46(6)7)75(98)84(21)64(48(10)11)69(92)79-63(68(91)78-57)66(89)49(12)27-26-28-54-29-31-55(76)32-30-54/h29-32,44-53,56-60,63-66,89H,23-28,33-43H2,1-22H3,(H,77,90)(H,78,91)(H,79,92)/t49-,50-,51-,52-,53-,56+,57+,58+,59+,60+,63+,64+,65+,66-/m1/s1. The minimum atomic E-state index is -1.74. The number of likely N-dealkylation sites (N-methyl/N-ethyl adjacent to an activating group) is 6. The van der Waals surface area contributed by atoms with Crippen molar-refractivity contribution in [2.75, 3.05) is 81.7 Å². The molecule has 2 heterocycles. The number of carbonyl (C=O) groups excluding carboxylic acids is 11. The van der Waals surface area contributed by atoms with Crippen LogP contribution in [0.25, 0.3) is 0 Å². The predicted molar refractivity (Wildman–Crippen MR) is 383 cm³/mol. The van der Waals surface area contributed by atoms with Gasteiger partial charge >= 0.3 is 0 Å². The van der Waals surface area contributed by atoms with Gasteiger partial charge in [-0.2, -0.15) is 0 Å². The summed E-state index contributed by atoms with van der Waals surface area (Å²) in [5.41, 5.74) is 0.838. The number of aliphatic hydroxyl groups excluding tert-OH is 1. The second-order valence-electron chi connectivity index (χ2n) is 30.4. The average molecular weight is 1410 g/mol. The molecule has 2 saturated heterocycles. The Balaban J connectivity index is 2.30. The Hall–Kier alpha value is -6.44. The second-order valence-corrected chi connectivity index (χ2v) is 30.4. The van der Waals surface area contributed by atoms with E-state index in [0.29, 0.717) is 38.9 Å². The fourth-order valence-corrected chi connectivity index (χ4v) is 13.5. The molecule has 568 valence electrons. The maximum absolute atomic E-state index is 15.2. The molecular weight excluding hydrogens is 1280 g/mol. The molecule has 1 aromatic carbocycles. The van der Waals surface area contributed by atoms with Gasteiger partial charge in [0.1, 0.15) is 54.2 Å². The number of aliphatic hydroxyl groups is 1. The van der Waals surface area contributed by atoms with Gasteiger partial charge in [-0.1, -0.05) is 102 Å². The van der Waals surface area contributed by atoms with Crippen LogP contribution in [-0.2, 0) is 68.6 Å². The quantitative estimate of drug-likeness (QED) is 0.0946. The number of morpholine rings is 1. The Morgan fingerprint density at radius 2 is 1.07 bits per heavy atom. The lowest BCUT2D eigenvalue weighted by atomic mass is 9.85. The number of nitrogens with one attached hydrogen (secondary N) is 3. The monoisotopic (exact) mass is 1410 g/mol. The van der Waals surface area contributed by atoms with Gasteiger partial charge in [-0.15, -0.1) is 0 Å². The van der Waals surface area contributed by atoms with Gasteiger partial charge in [0.05, 0.1) is 31.5 Å². The molecule has 0 aliphatic carbocycles. The molecule has 24 nitrogen and oxygen atoms in total. The first kappa shape index (κ1) is 87.8. The van der Waals surface area contributed by atoms with Gasteiger partial charge in [0, 0.05) is 86.7 Å². The Kier molecular flexibility index (Phi) is 36.5. The minimum Gasteiger partial charge on any atom is -0.390 e. The number of ketones is 2. The highest BCUT2D eigenvalue weighted by molar-refractivity contribution is 6.00. The molecule has 100 heavy (non-hydrogen) atoms. The fraction of sp³-hybridized carbons (Fsp3) is 0.773. The summed E-state index contributed by atoms with van der Waals surface area (Å²) in [5, 5.41) is 20.6. The Morgan fingerprint density at radius 3 is 1.60 bits per heavy atom. The van der Waals surface area contributed by atoms with Crippen molar-refractivity contribution < 1.29 is 71.7 Å². The maximum Gasteiger partial charge on any atom is 0.245 e. The molecule has 14 atom stereocenters. The number of halogens is 1. The molecule has 25 heteroatoms. The highest BCUT2D eigenvalue weighted by Crippen LogP contribution is 2.28. The van der Waals surface area contributed by atoms with Crippen molar-refractivity contribution in [3.63, 3.8) is 0 Å². The van der Waals surface area contributed by atoms with Crippen LogP contribution in [0.2, 0.25) is 0 Å². The van der Waals surface area contributed by atoms with E-state index in [1.165, 1.54) is 92.8 Å². The molecule has 2 aliphatic rings. The van der Waals surface area contributed by atoms with Crippen LogP contribution in [0.15, 0.2) is 24.3 Å². The molecule has 0 spiro atoms. The van der Waals surface area contributed by atoms with Crippen molar-refractivity contribution in [2.24, 2.45) is 47.3 Å². The highest BCUT2D eigenvalue weighted by atomic mass is 19.1. The zero-order valence-corrected chi connectivity index (χ0v) is 64.6. The molecule has 9 amide bonds. The fourth-order valence-electron chi connectivity index (χ4n) is 13.5. The van der Waals surface area contributed by atoms with E-state index in [1.54, 1.807) is 67.5 Å². The van der Waals surface area contributed by atoms with Gasteiger partial charge in [0.15, 0.2) is 11.6 Å². The van der Waals surface area contributed by atoms with E-state index >= 15 is 33.6 Å². The van der Waals surface area contributed by atoms with E-state index in [-0.39, 0.29) is 62.9 Å². The van der Waals surface area contributed by atoms with Gasteiger partial charge in [-0.05, 0) is 138 Å². The summed E-state index contributed by atoms with van der Waals surface area (Å²) in [7, 11) is 8.65. The minimum absolute atomic E-state index is 0.0275. The topological polar surface area (TPSA) is 285 Å². The van der Waals surface area contributed by atoms with Gasteiger partial charge in [0.2, 0.25) is 53.2 Å². The molecule has 0 bridgehead atoms. The number of unbranched alkanes of at least 4 members (excludes halogenated alkanes) is 1. The molecule has 2 aliphatic heterocycles. The number of carbonyl (C=O) groups is 11. The van der Waals surface area contributed by atoms with E-state index in [2.05, 4.69) is 20.9 Å². The summed E-state index contributed by atoms with van der Waals surface area (Å²) < 4.78 is 25.8. The Bertz CT molecular complexity index is 2850. The molecule has 0 saturated carbocycles. The van der Waals surface area contributed by atoms with Crippen molar-refractivity contribution in [1.29, 1.82) is 0 Å². The molecule has 0 radical (unpaired) electrons. The van der Waals surface area contributed by atoms with Crippen molar-refractivity contribution in [2.45, 2.75) is 248 Å². The number of hydrogen-bond acceptors (Lipinski definition) is 15. The van der Waals surface area contributed by atoms with Crippen LogP contribution < -0.4 is 16.0 Å². The smallest absolute Gasteiger partial charge is 0.245 e. The zero-order valence-electron chi connectivity index (χ0n) is 64.6. The van der Waals surface area contributed by atoms with Gasteiger partial charge in [-0.3, -0.25) is 57.6 Å². The van der Waals surface area contributed by atoms with Crippen LogP contribution in [0.1, 0.15) is 181 Å². The number of Topliss-reactive ketones (excluding diaryl/α,β-unsaturated/α-hetero) is 2. The molecule has 4 N–H and O–H groups in total. The number of rotatable bonds is 22. The Labute approximate surface area is 597 Å². The largest absolute Gasteiger partial charge is 0.390 e. The molecule has 2 fully saturated rings. The van der Waals surface area contributed by atoms with Crippen LogP contribution in [0.5, 0.6) is 0 Å². The number of amides is 9. The van der Waals surface area contributed by atoms with E-state index in [9.17, 15) is 28.7 Å². The van der Waals surface area contributed by atoms with E-state index < -0.39 is 167 Å². The molecule has 0 aromatic heterocycles. The third kappa shape index (κ3) is 25.5. The summed E-state index contributed by atoms with van der Waals surface area (Å²) in [6.45, 7) is 31.7. The van der Waals surface area contributed by atoms with Crippen LogP contribution in [0.4, 0.5) is 4.39 Å². The highest BCUT2D eigenvalue weighted by Gasteiger charge is 2.45. The lowest BCUT2D eigenvalue weighted by Gasteiger charge is -2.40. The van der Waals surface area contributed by atoms with E-state index in [0.717, 1.165) is 36.5 Å². The lowest BCUT2D eigenvalue weighted by Crippen LogP contribution is -2.63. The van der Waals surface area contributed by atoms with Crippen molar-refractivity contribution in [3.05, 3.63) is 35.6 Å². The first-order valence-electron chi connectivity index (χ1n) is 36.6. The number of benzene rings is 1. The first-order chi connectivity index (χ1) is 46.7. The summed E-state index contributed by atoms with van der Waals surface area (Å²) >= 11 is 0. The number of aryl methyl sites for hydroxylation is 1. The van der Waals surface area contributed by atoms with E-state index in [4.69, 9.17) is 9.47 Å². The van der Waals surface area contributed by atoms with Gasteiger partial charge in [-0.25, -0.2) is 4.39 Å². The zero-order chi connectivity index (χ0) is 75.9. The van der Waals surface area contributed by atoms with Gasteiger partial charge in [0.25, 0.3) is 0 Å². The van der Waals surface area contributed by atoms with Crippen molar-refractivity contribution in [3.8, 4) is 0 Å². The van der Waals surface area contributed by atoms with Crippen LogP contribution >= 0.6 is 0 Å². The van der Waals surface area contributed by atoms with Gasteiger partial charge < -0.3 is 59.9 Å². The predicted octanol–water partition coefficient (Wildman–Crippen LogP) is 6.16. The van der Waals surface area contributed by atoms with Crippen LogP contribution in [0.3, 0.4) is 0 Å². The van der Waals surface area contributed by atoms with Crippen molar-refractivity contribution in [1.82, 2.24) is 50.2 Å². The molecule has 1 aromatic rings. The molecular formula is C75H127FN10O14. The average Bonchev–Trinajstić information content (AvgIpc) is 0.818. The second kappa shape index (κ2) is 41.6. The van der Waals surface area contributed by atoms with Crippen LogP contribution in [0, 0.1) is 53.2 Å². The normalized spacial score (nSPS) is 26.7. The number of ether oxygens (including phenoxy) is 2. The summed E-state index contributed by atoms with van der Waals surface area (Å²) in [6.07, 6.45) is -0.0364. The summed E-state index contributed by atoms with van der Waals surface area (Å²) in [5.74, 6) is -11.7. The SMILES string of the molecule is CC[C@@H]1NC(=O)[C@H]([C@H](O)[C@H](C)CCCc2ccc(F)cc2)NC(=O)[C@H](C(C)C)N(C)C(=O)[C@H](CC(C)C)N(C)C(=O)[C@H](CC(C)C)N(C)C(=O)[C@@H](C)NC(=O)[C@H](C)CC(=O)[C@H](CC(C)C)N(C)C(=O)[C@H](C(C)C)CC(=O)[C@H]([C@@H](C)OCCCCN2CCOCC2)N(C)C(=O)[C@@H](C)N(C)C1=O. The molecule has 0 unspecified atom stereocenters. The van der Waals surface area contributed by atoms with E-state index in [1.807, 2.05) is 41.5 Å². The maximum atomic E-state index is 15.2. The number of hydrogen-bond donors (Lipinski definition) is 4. The van der Waals surface area contributed by atoms with Crippen molar-refractivity contribution >= 4 is 64.7 Å². The first-order valence-corrected chi connectivity index (χ1v) is 36.6. The lowest BCUT2D eigenvalue weighted by molar-refractivity contribution is -0.154. The summed E-state index contributed by atoms with van der Waals surface area (Å²) in [6, 6.07) is -5.54. The summed E-state index contributed by atoms with van der Waals surface area (Å²) in [4.78, 5) is 174. The Morgan fingerprint density at radius 1 is 0.550 bits per heavy atom. The third-order valence-corrected chi connectivity index (χ3v) is 20.1. The third-order valence-electron chi connectivity index (χ3n) is 20.1. The molecule has 3 rings (SSSR count).